The molecule has 0 aromatic heterocycles. The molecule has 1 aliphatic rings. The molecule has 0 aliphatic carbocycles. The van der Waals surface area contributed by atoms with Crippen LogP contribution in [-0.2, 0) is 5.41 Å². The van der Waals surface area contributed by atoms with Crippen LogP contribution in [0.5, 0.6) is 5.75 Å². The monoisotopic (exact) mass is 357 g/mol. The van der Waals surface area contributed by atoms with Crippen LogP contribution in [0.15, 0.2) is 42.5 Å². The zero-order chi connectivity index (χ0) is 18.9. The third kappa shape index (κ3) is 3.62. The summed E-state index contributed by atoms with van der Waals surface area (Å²) < 4.78 is 14.3. The summed E-state index contributed by atoms with van der Waals surface area (Å²) in [4.78, 5) is 2.24. The number of hydrogen-bond acceptors (Lipinski definition) is 3. The summed E-state index contributed by atoms with van der Waals surface area (Å²) in [5.41, 5.74) is 1.28. The third-order valence-electron chi connectivity index (χ3n) is 5.52. The predicted octanol–water partition coefficient (Wildman–Crippen LogP) is 3.99. The minimum Gasteiger partial charge on any atom is -0.508 e. The molecule has 3 rings (SSSR count). The smallest absolute Gasteiger partial charge is 0.126 e. The first-order chi connectivity index (χ1) is 12.2. The maximum atomic E-state index is 14.3. The molecule has 1 heterocycles. The van der Waals surface area contributed by atoms with Gasteiger partial charge in [0.15, 0.2) is 0 Å². The van der Waals surface area contributed by atoms with E-state index in [0.29, 0.717) is 12.1 Å². The van der Waals surface area contributed by atoms with E-state index in [9.17, 15) is 14.6 Å². The van der Waals surface area contributed by atoms with Crippen molar-refractivity contribution < 1.29 is 14.6 Å². The number of β-amino-alcohol motifs (C(OH)–C–C–N with tert-alkyl or cyclic N) is 1. The number of phenols is 1. The average Bonchev–Trinajstić information content (AvgIpc) is 2.58. The first kappa shape index (κ1) is 18.9. The molecule has 3 nitrogen and oxygen atoms in total. The Kier molecular flexibility index (Phi) is 5.09. The largest absolute Gasteiger partial charge is 0.508 e. The Labute approximate surface area is 155 Å². The second-order valence-corrected chi connectivity index (χ2v) is 8.10. The van der Waals surface area contributed by atoms with Crippen molar-refractivity contribution in [3.05, 3.63) is 65.0 Å². The van der Waals surface area contributed by atoms with Crippen molar-refractivity contribution in [3.8, 4) is 5.75 Å². The van der Waals surface area contributed by atoms with Crippen LogP contribution in [0.3, 0.4) is 0 Å². The van der Waals surface area contributed by atoms with Crippen LogP contribution in [0.25, 0.3) is 0 Å². The first-order valence-electron chi connectivity index (χ1n) is 9.22. The van der Waals surface area contributed by atoms with Gasteiger partial charge in [-0.3, -0.25) is 0 Å². The third-order valence-corrected chi connectivity index (χ3v) is 5.52. The van der Waals surface area contributed by atoms with Crippen LogP contribution in [-0.4, -0.2) is 40.3 Å². The molecule has 4 heteroatoms. The van der Waals surface area contributed by atoms with E-state index in [2.05, 4.69) is 4.90 Å². The van der Waals surface area contributed by atoms with E-state index in [1.807, 2.05) is 45.0 Å². The van der Waals surface area contributed by atoms with E-state index in [1.165, 1.54) is 6.07 Å². The van der Waals surface area contributed by atoms with Gasteiger partial charge in [0.2, 0.25) is 0 Å². The lowest BCUT2D eigenvalue weighted by molar-refractivity contribution is 0.0235. The van der Waals surface area contributed by atoms with E-state index in [1.54, 1.807) is 12.1 Å². The fourth-order valence-corrected chi connectivity index (χ4v) is 4.33. The van der Waals surface area contributed by atoms with Gasteiger partial charge >= 0.3 is 0 Å². The Bertz CT molecular complexity index is 774. The molecule has 2 aromatic carbocycles. The van der Waals surface area contributed by atoms with Crippen molar-refractivity contribution in [2.45, 2.75) is 44.6 Å². The minimum atomic E-state index is -0.746. The Morgan fingerprint density at radius 2 is 1.65 bits per heavy atom. The Balaban J connectivity index is 2.03. The van der Waals surface area contributed by atoms with Crippen LogP contribution < -0.4 is 0 Å². The molecule has 1 aliphatic heterocycles. The predicted molar refractivity (Wildman–Crippen MR) is 102 cm³/mol. The lowest BCUT2D eigenvalue weighted by Crippen LogP contribution is -2.48. The molecule has 0 unspecified atom stereocenters. The number of para-hydroxylation sites is 1. The van der Waals surface area contributed by atoms with Gasteiger partial charge in [-0.15, -0.1) is 0 Å². The number of phenolic OH excluding ortho intramolecular Hbond substituents is 1. The number of rotatable bonds is 4. The molecule has 0 radical (unpaired) electrons. The Hall–Kier alpha value is -1.91. The van der Waals surface area contributed by atoms with Crippen molar-refractivity contribution in [1.29, 1.82) is 0 Å². The molecule has 1 fully saturated rings. The quantitative estimate of drug-likeness (QED) is 0.869. The number of benzene rings is 2. The summed E-state index contributed by atoms with van der Waals surface area (Å²) in [6, 6.07) is 12.6. The summed E-state index contributed by atoms with van der Waals surface area (Å²) >= 11 is 0. The molecule has 1 saturated heterocycles. The first-order valence-corrected chi connectivity index (χ1v) is 9.22. The number of aromatic hydroxyl groups is 1. The maximum Gasteiger partial charge on any atom is 0.126 e. The highest BCUT2D eigenvalue weighted by Gasteiger charge is 2.41. The van der Waals surface area contributed by atoms with Crippen LogP contribution in [0.1, 0.15) is 43.4 Å². The number of piperidine rings is 1. The SMILES string of the molecule is Cc1c(F)cccc1C1(c2ccccc2O)CCN(CC(C)(C)O)CC1. The molecule has 0 spiro atoms. The summed E-state index contributed by atoms with van der Waals surface area (Å²) in [7, 11) is 0. The molecule has 0 saturated carbocycles. The van der Waals surface area contributed by atoms with Crippen LogP contribution >= 0.6 is 0 Å². The van der Waals surface area contributed by atoms with Gasteiger partial charge in [0, 0.05) is 17.5 Å². The molecule has 0 amide bonds. The van der Waals surface area contributed by atoms with Gasteiger partial charge in [0.25, 0.3) is 0 Å². The molecule has 26 heavy (non-hydrogen) atoms. The summed E-state index contributed by atoms with van der Waals surface area (Å²) in [5.74, 6) is 0.0447. The van der Waals surface area contributed by atoms with Gasteiger partial charge in [-0.05, 0) is 70.0 Å². The maximum absolute atomic E-state index is 14.3. The van der Waals surface area contributed by atoms with E-state index in [-0.39, 0.29) is 11.6 Å². The Morgan fingerprint density at radius 1 is 1.04 bits per heavy atom. The van der Waals surface area contributed by atoms with Gasteiger partial charge in [-0.25, -0.2) is 4.39 Å². The van der Waals surface area contributed by atoms with Crippen LogP contribution in [0.4, 0.5) is 4.39 Å². The average molecular weight is 357 g/mol. The number of nitrogens with zero attached hydrogens (tertiary/aromatic N) is 1. The molecular weight excluding hydrogens is 329 g/mol. The lowest BCUT2D eigenvalue weighted by Gasteiger charge is -2.44. The zero-order valence-corrected chi connectivity index (χ0v) is 15.8. The van der Waals surface area contributed by atoms with E-state index in [0.717, 1.165) is 37.1 Å². The number of halogens is 1. The molecule has 0 atom stereocenters. The summed E-state index contributed by atoms with van der Waals surface area (Å²) in [6.45, 7) is 7.62. The summed E-state index contributed by atoms with van der Waals surface area (Å²) in [6.07, 6.45) is 1.54. The topological polar surface area (TPSA) is 43.7 Å². The van der Waals surface area contributed by atoms with Gasteiger partial charge in [0.05, 0.1) is 5.60 Å². The molecule has 2 N–H and O–H groups in total. The highest BCUT2D eigenvalue weighted by molar-refractivity contribution is 5.49. The minimum absolute atomic E-state index is 0.212. The molecule has 0 bridgehead atoms. The van der Waals surface area contributed by atoms with Crippen LogP contribution in [0, 0.1) is 12.7 Å². The number of aliphatic hydroxyl groups is 1. The fourth-order valence-electron chi connectivity index (χ4n) is 4.33. The van der Waals surface area contributed by atoms with Crippen molar-refractivity contribution in [2.24, 2.45) is 0 Å². The van der Waals surface area contributed by atoms with Crippen molar-refractivity contribution in [3.63, 3.8) is 0 Å². The zero-order valence-electron chi connectivity index (χ0n) is 15.8. The second-order valence-electron chi connectivity index (χ2n) is 8.10. The van der Waals surface area contributed by atoms with E-state index < -0.39 is 11.0 Å². The normalized spacial score (nSPS) is 18.0. The number of likely N-dealkylation sites (tertiary alicyclic amines) is 1. The van der Waals surface area contributed by atoms with E-state index >= 15 is 0 Å². The van der Waals surface area contributed by atoms with Crippen molar-refractivity contribution >= 4 is 0 Å². The van der Waals surface area contributed by atoms with Gasteiger partial charge in [0.1, 0.15) is 11.6 Å². The standard InChI is InChI=1S/C22H28FNO2/c1-16-17(8-6-9-19(16)23)22(18-7-4-5-10-20(18)25)11-13-24(14-12-22)15-21(2,3)26/h4-10,25-26H,11-15H2,1-3H3. The van der Waals surface area contributed by atoms with Crippen molar-refractivity contribution in [2.75, 3.05) is 19.6 Å². The molecule has 140 valence electrons. The van der Waals surface area contributed by atoms with Crippen LogP contribution in [0.2, 0.25) is 0 Å². The van der Waals surface area contributed by atoms with Gasteiger partial charge < -0.3 is 15.1 Å². The van der Waals surface area contributed by atoms with Gasteiger partial charge in [-0.2, -0.15) is 0 Å². The molecular formula is C22H28FNO2. The highest BCUT2D eigenvalue weighted by Crippen LogP contribution is 2.46. The summed E-state index contributed by atoms with van der Waals surface area (Å²) in [5, 5.41) is 20.7. The molecule has 2 aromatic rings. The lowest BCUT2D eigenvalue weighted by atomic mass is 9.66. The van der Waals surface area contributed by atoms with Gasteiger partial charge in [-0.1, -0.05) is 30.3 Å². The van der Waals surface area contributed by atoms with Crippen molar-refractivity contribution in [1.82, 2.24) is 4.90 Å². The Morgan fingerprint density at radius 3 is 2.27 bits per heavy atom. The highest BCUT2D eigenvalue weighted by atomic mass is 19.1. The fraction of sp³-hybridized carbons (Fsp3) is 0.455. The second kappa shape index (κ2) is 7.01. The number of hydrogen-bond donors (Lipinski definition) is 2. The van der Waals surface area contributed by atoms with E-state index in [4.69, 9.17) is 0 Å².